The van der Waals surface area contributed by atoms with Crippen LogP contribution in [0.1, 0.15) is 34.1 Å². The molecule has 6 nitrogen and oxygen atoms in total. The molecule has 2 saturated heterocycles. The molecule has 0 aromatic heterocycles. The molecule has 3 aliphatic rings. The van der Waals surface area contributed by atoms with Crippen LogP contribution in [-0.2, 0) is 29.9 Å². The van der Waals surface area contributed by atoms with Crippen molar-refractivity contribution < 1.29 is 23.3 Å². The van der Waals surface area contributed by atoms with Gasteiger partial charge in [-0.1, -0.05) is 45.2 Å². The van der Waals surface area contributed by atoms with Crippen molar-refractivity contribution >= 4 is 54.9 Å². The molecule has 0 aromatic rings. The van der Waals surface area contributed by atoms with Gasteiger partial charge < -0.3 is 9.16 Å². The Kier molecular flexibility index (Phi) is 7.70. The molecule has 3 heterocycles. The summed E-state index contributed by atoms with van der Waals surface area (Å²) in [5.74, 6) is 0.700. The van der Waals surface area contributed by atoms with Gasteiger partial charge in [0.1, 0.15) is 28.9 Å². The topological polar surface area (TPSA) is 76.1 Å². The fourth-order valence-electron chi connectivity index (χ4n) is 3.62. The number of rotatable bonds is 8. The number of nitrogens with zero attached hydrogens (tertiary/aromatic N) is 1. The van der Waals surface area contributed by atoms with Crippen LogP contribution in [0.25, 0.3) is 0 Å². The third-order valence-electron chi connectivity index (χ3n) is 6.39. The molecular formula is C21H34NO5S3Si+. The molecule has 174 valence electrons. The van der Waals surface area contributed by atoms with E-state index in [1.807, 2.05) is 6.92 Å². The van der Waals surface area contributed by atoms with E-state index < -0.39 is 25.5 Å². The summed E-state index contributed by atoms with van der Waals surface area (Å²) in [5.41, 5.74) is 0.354. The van der Waals surface area contributed by atoms with E-state index >= 15 is 0 Å². The zero-order chi connectivity index (χ0) is 23.1. The van der Waals surface area contributed by atoms with Gasteiger partial charge in [0.15, 0.2) is 19.8 Å². The largest absolute Gasteiger partial charge is 0.457 e. The highest BCUT2D eigenvalue weighted by Crippen LogP contribution is 2.56. The van der Waals surface area contributed by atoms with E-state index in [-0.39, 0.29) is 40.2 Å². The van der Waals surface area contributed by atoms with Gasteiger partial charge >= 0.3 is 5.97 Å². The highest BCUT2D eigenvalue weighted by atomic mass is 32.2. The number of hydrogen-bond acceptors (Lipinski definition) is 7. The van der Waals surface area contributed by atoms with Gasteiger partial charge in [-0.2, -0.15) is 4.55 Å². The molecule has 1 amide bonds. The number of esters is 1. The predicted molar refractivity (Wildman–Crippen MR) is 133 cm³/mol. The fourth-order valence-corrected chi connectivity index (χ4v) is 10.3. The second-order valence-electron chi connectivity index (χ2n) is 9.71. The summed E-state index contributed by atoms with van der Waals surface area (Å²) >= 11 is 2.63. The molecule has 5 atom stereocenters. The molecule has 1 unspecified atom stereocenters. The van der Waals surface area contributed by atoms with Crippen LogP contribution in [0.2, 0.25) is 18.1 Å². The minimum absolute atomic E-state index is 0.0551. The molecule has 2 fully saturated rings. The van der Waals surface area contributed by atoms with Crippen molar-refractivity contribution in [3.05, 3.63) is 22.6 Å². The van der Waals surface area contributed by atoms with Crippen molar-refractivity contribution in [1.82, 2.24) is 4.90 Å². The molecule has 31 heavy (non-hydrogen) atoms. The Bertz CT molecular complexity index is 781. The molecule has 0 spiro atoms. The molecule has 0 radical (unpaired) electrons. The van der Waals surface area contributed by atoms with Crippen LogP contribution in [0.4, 0.5) is 0 Å². The Morgan fingerprint density at radius 2 is 2.16 bits per heavy atom. The molecule has 0 bridgehead atoms. The van der Waals surface area contributed by atoms with Gasteiger partial charge in [-0.05, 0) is 25.1 Å². The number of ether oxygens (including phenoxy) is 1. The van der Waals surface area contributed by atoms with Crippen LogP contribution in [-0.4, -0.2) is 64.5 Å². The molecule has 1 N–H and O–H groups in total. The van der Waals surface area contributed by atoms with Gasteiger partial charge in [0.2, 0.25) is 5.91 Å². The minimum Gasteiger partial charge on any atom is -0.457 e. The molecule has 3 aliphatic heterocycles. The fraction of sp³-hybridized carbons (Fsp3) is 0.714. The summed E-state index contributed by atoms with van der Waals surface area (Å²) in [6.07, 6.45) is 2.22. The number of amides is 1. The average molecular weight is 505 g/mol. The van der Waals surface area contributed by atoms with Gasteiger partial charge in [0, 0.05) is 6.42 Å². The lowest BCUT2D eigenvalue weighted by Gasteiger charge is -2.48. The van der Waals surface area contributed by atoms with Crippen LogP contribution >= 0.6 is 23.5 Å². The maximum Gasteiger partial charge on any atom is 0.357 e. The first kappa shape index (κ1) is 25.2. The van der Waals surface area contributed by atoms with E-state index in [1.165, 1.54) is 6.08 Å². The first-order valence-electron chi connectivity index (χ1n) is 10.6. The molecule has 3 rings (SSSR count). The van der Waals surface area contributed by atoms with Crippen LogP contribution in [0.3, 0.4) is 0 Å². The normalized spacial score (nSPS) is 29.6. The van der Waals surface area contributed by atoms with Crippen molar-refractivity contribution in [2.45, 2.75) is 69.0 Å². The molecular weight excluding hydrogens is 471 g/mol. The molecule has 0 aliphatic carbocycles. The Morgan fingerprint density at radius 1 is 1.48 bits per heavy atom. The van der Waals surface area contributed by atoms with E-state index in [1.54, 1.807) is 28.4 Å². The summed E-state index contributed by atoms with van der Waals surface area (Å²) in [5, 5.41) is 0.167. The summed E-state index contributed by atoms with van der Waals surface area (Å²) < 4.78 is 22.6. The zero-order valence-corrected chi connectivity index (χ0v) is 22.6. The number of thioether (sulfide) groups is 2. The van der Waals surface area contributed by atoms with Gasteiger partial charge in [-0.15, -0.1) is 11.8 Å². The van der Waals surface area contributed by atoms with E-state index in [4.69, 9.17) is 9.16 Å². The summed E-state index contributed by atoms with van der Waals surface area (Å²) in [4.78, 5) is 27.6. The molecule has 10 heteroatoms. The van der Waals surface area contributed by atoms with E-state index in [2.05, 4.69) is 40.4 Å². The zero-order valence-electron chi connectivity index (χ0n) is 19.2. The maximum atomic E-state index is 13.2. The SMILES string of the molecule is C=CCOC(=O)C1=C(S[C@H]2CC[S+](O)C2)S[C@@H]2[C@@H]([C@@H](C)O[Si](C)(C)C(C)(C)C)C(=O)N12. The number of hydrogen-bond donors (Lipinski definition) is 1. The van der Waals surface area contributed by atoms with Crippen LogP contribution < -0.4 is 0 Å². The van der Waals surface area contributed by atoms with E-state index in [9.17, 15) is 14.1 Å². The van der Waals surface area contributed by atoms with Gasteiger partial charge in [-0.25, -0.2) is 4.79 Å². The van der Waals surface area contributed by atoms with E-state index in [0.29, 0.717) is 5.70 Å². The third-order valence-corrected chi connectivity index (χ3v) is 15.5. The third kappa shape index (κ3) is 5.09. The van der Waals surface area contributed by atoms with Gasteiger partial charge in [0.05, 0.1) is 21.5 Å². The second-order valence-corrected chi connectivity index (χ2v) is 18.8. The lowest BCUT2D eigenvalue weighted by atomic mass is 9.92. The number of carbonyl (C=O) groups excluding carboxylic acids is 2. The first-order valence-corrected chi connectivity index (χ1v) is 16.8. The Balaban J connectivity index is 1.78. The lowest BCUT2D eigenvalue weighted by Crippen LogP contribution is -2.62. The van der Waals surface area contributed by atoms with Crippen LogP contribution in [0.5, 0.6) is 0 Å². The molecule has 0 saturated carbocycles. The van der Waals surface area contributed by atoms with Crippen molar-refractivity contribution in [1.29, 1.82) is 0 Å². The Hall–Kier alpha value is -0.393. The first-order chi connectivity index (χ1) is 14.4. The smallest absolute Gasteiger partial charge is 0.357 e. The van der Waals surface area contributed by atoms with Crippen LogP contribution in [0.15, 0.2) is 22.6 Å². The maximum absolute atomic E-state index is 13.2. The number of β-lactam (4-membered cyclic amide) rings is 1. The number of carbonyl (C=O) groups is 2. The van der Waals surface area contributed by atoms with Crippen molar-refractivity contribution in [2.75, 3.05) is 18.1 Å². The Morgan fingerprint density at radius 3 is 2.71 bits per heavy atom. The van der Waals surface area contributed by atoms with Gasteiger partial charge in [-0.3, -0.25) is 9.69 Å². The summed E-state index contributed by atoms with van der Waals surface area (Å²) in [6, 6.07) is 0. The minimum atomic E-state index is -2.03. The highest BCUT2D eigenvalue weighted by Gasteiger charge is 2.59. The quantitative estimate of drug-likeness (QED) is 0.172. The van der Waals surface area contributed by atoms with E-state index in [0.717, 1.165) is 22.2 Å². The predicted octanol–water partition coefficient (Wildman–Crippen LogP) is 4.42. The molecule has 0 aromatic carbocycles. The Labute approximate surface area is 198 Å². The van der Waals surface area contributed by atoms with Gasteiger partial charge in [0.25, 0.3) is 0 Å². The lowest BCUT2D eigenvalue weighted by molar-refractivity contribution is -0.157. The average Bonchev–Trinajstić information content (AvgIpc) is 3.19. The van der Waals surface area contributed by atoms with Crippen molar-refractivity contribution in [3.63, 3.8) is 0 Å². The standard InChI is InChI=1S/C21H34NO5S3Si/c1-8-10-26-19(24)16-20(28-14-9-11-30(25)12-14)29-18-15(17(23)22(16)18)13(2)27-31(6,7)21(3,4)5/h8,13-15,18,25H,1,9-12H2,2-7H3/q+1/t13-,14+,15+,18-,30?/m1/s1. The van der Waals surface area contributed by atoms with Crippen molar-refractivity contribution in [2.24, 2.45) is 5.92 Å². The monoisotopic (exact) mass is 504 g/mol. The highest BCUT2D eigenvalue weighted by molar-refractivity contribution is 8.23. The van der Waals surface area contributed by atoms with Crippen LogP contribution in [0, 0.1) is 5.92 Å². The second kappa shape index (κ2) is 9.46. The summed E-state index contributed by atoms with van der Waals surface area (Å²) in [7, 11) is -2.03. The number of fused-ring (bicyclic) bond motifs is 1. The summed E-state index contributed by atoms with van der Waals surface area (Å²) in [6.45, 7) is 16.6. The van der Waals surface area contributed by atoms with Crippen molar-refractivity contribution in [3.8, 4) is 0 Å².